The first-order valence-electron chi connectivity index (χ1n) is 9.77. The second kappa shape index (κ2) is 9.54. The van der Waals surface area contributed by atoms with E-state index in [0.29, 0.717) is 42.3 Å². The summed E-state index contributed by atoms with van der Waals surface area (Å²) in [5.41, 5.74) is 0. The van der Waals surface area contributed by atoms with E-state index in [1.807, 2.05) is 30.3 Å². The van der Waals surface area contributed by atoms with E-state index in [0.717, 1.165) is 18.1 Å². The lowest BCUT2D eigenvalue weighted by molar-refractivity contribution is 0.0507. The highest BCUT2D eigenvalue weighted by Gasteiger charge is 2.39. The van der Waals surface area contributed by atoms with Crippen LogP contribution in [-0.2, 0) is 9.09 Å². The molecule has 0 saturated heterocycles. The van der Waals surface area contributed by atoms with Crippen molar-refractivity contribution in [2.45, 2.75) is 65.4 Å². The molecule has 0 spiro atoms. The molecule has 4 heteroatoms. The normalized spacial score (nSPS) is 25.4. The van der Waals surface area contributed by atoms with Crippen molar-refractivity contribution in [3.63, 3.8) is 0 Å². The lowest BCUT2D eigenvalue weighted by atomic mass is 9.75. The fourth-order valence-corrected chi connectivity index (χ4v) is 6.16. The topological polar surface area (TPSA) is 50.1 Å². The number of benzene rings is 1. The second-order valence-corrected chi connectivity index (χ2v) is 10.4. The van der Waals surface area contributed by atoms with Gasteiger partial charge in [-0.1, -0.05) is 52.0 Å². The van der Waals surface area contributed by atoms with E-state index in [1.165, 1.54) is 6.42 Å². The average molecular weight is 373 g/mol. The van der Waals surface area contributed by atoms with Gasteiger partial charge in [0.15, 0.2) is 0 Å². The number of allylic oxidation sites excluding steroid dienone is 1. The number of hydrogen-bond donors (Lipinski definition) is 0. The molecule has 4 atom stereocenters. The number of unbranched alkanes of at least 4 members (excludes halogenated alkanes) is 1. The van der Waals surface area contributed by atoms with Crippen molar-refractivity contribution in [1.29, 1.82) is 5.26 Å². The summed E-state index contributed by atoms with van der Waals surface area (Å²) in [5, 5.41) is 10.2. The molecule has 26 heavy (non-hydrogen) atoms. The SMILES string of the molecule is C=C(CCCC#N)P(=O)(O[C@@H]1C[C@H](C)CC[C@H]1C(C)C)c1ccccc1. The molecule has 1 aromatic carbocycles. The predicted molar refractivity (Wildman–Crippen MR) is 109 cm³/mol. The van der Waals surface area contributed by atoms with Gasteiger partial charge >= 0.3 is 0 Å². The molecule has 1 aromatic rings. The first-order valence-corrected chi connectivity index (χ1v) is 11.4. The molecule has 0 aliphatic heterocycles. The monoisotopic (exact) mass is 373 g/mol. The summed E-state index contributed by atoms with van der Waals surface area (Å²) in [6.07, 6.45) is 4.96. The molecule has 1 fully saturated rings. The fraction of sp³-hybridized carbons (Fsp3) is 0.591. The summed E-state index contributed by atoms with van der Waals surface area (Å²) in [4.78, 5) is 0. The zero-order valence-corrected chi connectivity index (χ0v) is 17.3. The van der Waals surface area contributed by atoms with Gasteiger partial charge in [0.05, 0.1) is 12.2 Å². The summed E-state index contributed by atoms with van der Waals surface area (Å²) in [5.74, 6) is 1.52. The van der Waals surface area contributed by atoms with E-state index in [4.69, 9.17) is 9.79 Å². The van der Waals surface area contributed by atoms with Crippen LogP contribution in [0.25, 0.3) is 0 Å². The van der Waals surface area contributed by atoms with Gasteiger partial charge in [-0.25, -0.2) is 0 Å². The molecule has 1 saturated carbocycles. The molecule has 0 amide bonds. The van der Waals surface area contributed by atoms with E-state index < -0.39 is 7.37 Å². The van der Waals surface area contributed by atoms with Crippen LogP contribution in [0.5, 0.6) is 0 Å². The van der Waals surface area contributed by atoms with E-state index in [-0.39, 0.29) is 6.10 Å². The van der Waals surface area contributed by atoms with E-state index >= 15 is 0 Å². The van der Waals surface area contributed by atoms with Crippen LogP contribution in [0.1, 0.15) is 59.3 Å². The molecular formula is C22H32NO2P. The minimum atomic E-state index is -3.18. The highest BCUT2D eigenvalue weighted by molar-refractivity contribution is 7.71. The zero-order chi connectivity index (χ0) is 19.2. The van der Waals surface area contributed by atoms with E-state index in [2.05, 4.69) is 33.4 Å². The van der Waals surface area contributed by atoms with Crippen molar-refractivity contribution in [3.8, 4) is 6.07 Å². The molecule has 1 aliphatic carbocycles. The third kappa shape index (κ3) is 5.09. The zero-order valence-electron chi connectivity index (χ0n) is 16.4. The van der Waals surface area contributed by atoms with Crippen molar-refractivity contribution < 1.29 is 9.09 Å². The maximum absolute atomic E-state index is 14.0. The van der Waals surface area contributed by atoms with Crippen LogP contribution in [0, 0.1) is 29.1 Å². The molecule has 0 bridgehead atoms. The Kier molecular flexibility index (Phi) is 7.69. The van der Waals surface area contributed by atoms with Gasteiger partial charge in [-0.3, -0.25) is 4.57 Å². The maximum Gasteiger partial charge on any atom is 0.257 e. The Morgan fingerprint density at radius 2 is 2.04 bits per heavy atom. The average Bonchev–Trinajstić information content (AvgIpc) is 2.62. The Morgan fingerprint density at radius 3 is 2.65 bits per heavy atom. The van der Waals surface area contributed by atoms with Gasteiger partial charge in [0.1, 0.15) is 0 Å². The summed E-state index contributed by atoms with van der Waals surface area (Å²) in [6.45, 7) is 10.8. The van der Waals surface area contributed by atoms with Gasteiger partial charge in [0.25, 0.3) is 7.37 Å². The largest absolute Gasteiger partial charge is 0.319 e. The minimum Gasteiger partial charge on any atom is -0.319 e. The molecule has 0 heterocycles. The van der Waals surface area contributed by atoms with Crippen LogP contribution >= 0.6 is 7.37 Å². The quantitative estimate of drug-likeness (QED) is 0.398. The first-order chi connectivity index (χ1) is 12.4. The highest BCUT2D eigenvalue weighted by Crippen LogP contribution is 2.58. The molecule has 1 aliphatic rings. The van der Waals surface area contributed by atoms with Crippen LogP contribution in [0.15, 0.2) is 42.2 Å². The fourth-order valence-electron chi connectivity index (χ4n) is 3.89. The predicted octanol–water partition coefficient (Wildman–Crippen LogP) is 6.27. The minimum absolute atomic E-state index is 0.00231. The Morgan fingerprint density at radius 1 is 1.35 bits per heavy atom. The molecule has 3 nitrogen and oxygen atoms in total. The lowest BCUT2D eigenvalue weighted by Gasteiger charge is -2.39. The van der Waals surface area contributed by atoms with Gasteiger partial charge in [-0.15, -0.1) is 0 Å². The van der Waals surface area contributed by atoms with Crippen LogP contribution in [-0.4, -0.2) is 6.10 Å². The molecule has 0 N–H and O–H groups in total. The van der Waals surface area contributed by atoms with Crippen LogP contribution < -0.4 is 5.30 Å². The number of hydrogen-bond acceptors (Lipinski definition) is 3. The molecule has 0 aromatic heterocycles. The Bertz CT molecular complexity index is 677. The van der Waals surface area contributed by atoms with Crippen molar-refractivity contribution in [3.05, 3.63) is 42.2 Å². The van der Waals surface area contributed by atoms with Crippen LogP contribution in [0.4, 0.5) is 0 Å². The lowest BCUT2D eigenvalue weighted by Crippen LogP contribution is -2.34. The molecule has 142 valence electrons. The molecular weight excluding hydrogens is 341 g/mol. The second-order valence-electron chi connectivity index (χ2n) is 7.93. The van der Waals surface area contributed by atoms with Crippen LogP contribution in [0.3, 0.4) is 0 Å². The summed E-state index contributed by atoms with van der Waals surface area (Å²) in [7, 11) is -3.18. The number of rotatable bonds is 8. The standard InChI is InChI=1S/C22H32NO2P/c1-17(2)21-14-13-18(3)16-22(21)25-26(24,19(4)10-8-9-15-23)20-11-6-5-7-12-20/h5-7,11-12,17-18,21-22H,4,8-10,13-14,16H2,1-3H3/t18-,21+,22-,26?/m1/s1. The van der Waals surface area contributed by atoms with Gasteiger partial charge < -0.3 is 4.52 Å². The summed E-state index contributed by atoms with van der Waals surface area (Å²) < 4.78 is 20.5. The van der Waals surface area contributed by atoms with E-state index in [1.54, 1.807) is 0 Å². The van der Waals surface area contributed by atoms with Crippen molar-refractivity contribution in [2.24, 2.45) is 17.8 Å². The van der Waals surface area contributed by atoms with Crippen LogP contribution in [0.2, 0.25) is 0 Å². The van der Waals surface area contributed by atoms with Gasteiger partial charge in [0.2, 0.25) is 0 Å². The van der Waals surface area contributed by atoms with E-state index in [9.17, 15) is 4.57 Å². The number of nitriles is 1. The van der Waals surface area contributed by atoms with Crippen molar-refractivity contribution in [2.75, 3.05) is 0 Å². The third-order valence-corrected chi connectivity index (χ3v) is 8.11. The Labute approximate surface area is 158 Å². The Hall–Kier alpha value is -1.36. The summed E-state index contributed by atoms with van der Waals surface area (Å²) in [6, 6.07) is 11.6. The maximum atomic E-state index is 14.0. The van der Waals surface area contributed by atoms with Crippen molar-refractivity contribution in [1.82, 2.24) is 0 Å². The van der Waals surface area contributed by atoms with Crippen molar-refractivity contribution >= 4 is 12.7 Å². The highest BCUT2D eigenvalue weighted by atomic mass is 31.2. The molecule has 1 unspecified atom stereocenters. The van der Waals surface area contributed by atoms with Gasteiger partial charge in [-0.05, 0) is 55.6 Å². The molecule has 0 radical (unpaired) electrons. The summed E-state index contributed by atoms with van der Waals surface area (Å²) >= 11 is 0. The Balaban J connectivity index is 2.30. The smallest absolute Gasteiger partial charge is 0.257 e. The first kappa shape index (κ1) is 20.9. The van der Waals surface area contributed by atoms with Gasteiger partial charge in [0, 0.05) is 17.0 Å². The van der Waals surface area contributed by atoms with Gasteiger partial charge in [-0.2, -0.15) is 5.26 Å². The number of nitrogens with zero attached hydrogens (tertiary/aromatic N) is 1. The third-order valence-electron chi connectivity index (χ3n) is 5.51. The molecule has 2 rings (SSSR count).